The Morgan fingerprint density at radius 2 is 1.70 bits per heavy atom. The Morgan fingerprint density at radius 3 is 2.30 bits per heavy atom. The number of hydrogen-bond donors (Lipinski definition) is 7. The lowest BCUT2D eigenvalue weighted by Gasteiger charge is -2.41. The van der Waals surface area contributed by atoms with Crippen LogP contribution in [0.2, 0.25) is 0 Å². The molecule has 3 rings (SSSR count). The predicted octanol–water partition coefficient (Wildman–Crippen LogP) is -2.71. The molecule has 12 heteroatoms. The first-order valence-electron chi connectivity index (χ1n) is 11.0. The number of carbonyl (C=O) groups excluding carboxylic acids is 1. The molecule has 10 atom stereocenters. The highest BCUT2D eigenvalue weighted by molar-refractivity contribution is 5.88. The molecule has 0 aromatic carbocycles. The van der Waals surface area contributed by atoms with Crippen molar-refractivity contribution in [3.63, 3.8) is 0 Å². The van der Waals surface area contributed by atoms with Crippen LogP contribution in [0.1, 0.15) is 33.1 Å². The molecule has 0 amide bonds. The number of aliphatic hydroxyl groups excluding tert-OH is 6. The summed E-state index contributed by atoms with van der Waals surface area (Å²) in [6.07, 6.45) is -10.5. The van der Waals surface area contributed by atoms with Crippen molar-refractivity contribution in [3.8, 4) is 0 Å². The average Bonchev–Trinajstić information content (AvgIpc) is 2.77. The summed E-state index contributed by atoms with van der Waals surface area (Å²) in [6, 6.07) is 0. The molecule has 3 aliphatic rings. The number of rotatable bonds is 6. The van der Waals surface area contributed by atoms with Crippen LogP contribution >= 0.6 is 0 Å². The van der Waals surface area contributed by atoms with Gasteiger partial charge in [0.15, 0.2) is 6.29 Å². The molecule has 7 N–H and O–H groups in total. The van der Waals surface area contributed by atoms with Crippen LogP contribution < -0.4 is 0 Å². The van der Waals surface area contributed by atoms with Gasteiger partial charge < -0.3 is 54.7 Å². The second kappa shape index (κ2) is 10.6. The van der Waals surface area contributed by atoms with E-state index in [0.717, 1.165) is 0 Å². The number of ether oxygens (including phenoxy) is 4. The van der Waals surface area contributed by atoms with Gasteiger partial charge in [0.1, 0.15) is 42.7 Å². The maximum absolute atomic E-state index is 12.6. The highest BCUT2D eigenvalue weighted by Gasteiger charge is 2.47. The van der Waals surface area contributed by atoms with E-state index >= 15 is 0 Å². The fourth-order valence-electron chi connectivity index (χ4n) is 4.11. The maximum atomic E-state index is 12.6. The molecule has 1 aliphatic carbocycles. The zero-order valence-corrected chi connectivity index (χ0v) is 18.6. The van der Waals surface area contributed by atoms with Gasteiger partial charge in [0, 0.05) is 5.57 Å². The molecule has 0 radical (unpaired) electrons. The van der Waals surface area contributed by atoms with Crippen molar-refractivity contribution < 1.29 is 59.5 Å². The van der Waals surface area contributed by atoms with Crippen molar-refractivity contribution >= 4 is 5.97 Å². The lowest BCUT2D eigenvalue weighted by molar-refractivity contribution is -0.314. The minimum atomic E-state index is -1.72. The standard InChI is InChI=1S/C21H34O12/c1-21(2,29)10-5-3-9(4-6-10)18(28)33-20-17(27)15(25)14(24)12(32-20)8-31-19-16(26)13(23)11(22)7-30-19/h3,10-17,19-20,22-27,29H,4-8H2,1-2H3/t10-,11+,12-,13+,14-,15+,16-,17-,19+,20+/m1/s1. The van der Waals surface area contributed by atoms with E-state index in [1.54, 1.807) is 19.9 Å². The first-order valence-corrected chi connectivity index (χ1v) is 11.0. The SMILES string of the molecule is CC(C)(O)[C@@H]1CC=C(C(=O)O[C@@H]2O[C@H](CO[C@@H]3OC[C@H](O)[C@H](O)[C@H]3O)[C@@H](O)[C@H](O)[C@H]2O)CC1. The van der Waals surface area contributed by atoms with E-state index in [0.29, 0.717) is 24.8 Å². The summed E-state index contributed by atoms with van der Waals surface area (Å²) in [6.45, 7) is 2.67. The zero-order chi connectivity index (χ0) is 24.5. The molecule has 0 unspecified atom stereocenters. The lowest BCUT2D eigenvalue weighted by Crippen LogP contribution is -2.60. The largest absolute Gasteiger partial charge is 0.429 e. The Kier molecular flexibility index (Phi) is 8.49. The molecule has 2 aliphatic heterocycles. The van der Waals surface area contributed by atoms with Gasteiger partial charge in [-0.05, 0) is 39.0 Å². The van der Waals surface area contributed by atoms with Crippen LogP contribution in [0, 0.1) is 5.92 Å². The molecule has 2 saturated heterocycles. The maximum Gasteiger partial charge on any atom is 0.336 e. The van der Waals surface area contributed by atoms with Gasteiger partial charge in [-0.25, -0.2) is 4.79 Å². The average molecular weight is 478 g/mol. The minimum Gasteiger partial charge on any atom is -0.429 e. The first kappa shape index (κ1) is 26.4. The summed E-state index contributed by atoms with van der Waals surface area (Å²) < 4.78 is 21.1. The molecule has 0 saturated carbocycles. The van der Waals surface area contributed by atoms with Gasteiger partial charge in [0.05, 0.1) is 18.8 Å². The fraction of sp³-hybridized carbons (Fsp3) is 0.857. The Labute approximate surface area is 191 Å². The summed E-state index contributed by atoms with van der Waals surface area (Å²) in [5.41, 5.74) is -0.530. The molecule has 2 heterocycles. The Hall–Kier alpha value is -1.19. The van der Waals surface area contributed by atoms with Crippen LogP contribution in [0.3, 0.4) is 0 Å². The molecule has 12 nitrogen and oxygen atoms in total. The second-order valence-electron chi connectivity index (χ2n) is 9.36. The third-order valence-corrected chi connectivity index (χ3v) is 6.44. The van der Waals surface area contributed by atoms with Crippen LogP contribution in [0.25, 0.3) is 0 Å². The van der Waals surface area contributed by atoms with Gasteiger partial charge in [0.2, 0.25) is 6.29 Å². The van der Waals surface area contributed by atoms with E-state index in [1.165, 1.54) is 0 Å². The van der Waals surface area contributed by atoms with Crippen LogP contribution in [-0.2, 0) is 23.7 Å². The summed E-state index contributed by atoms with van der Waals surface area (Å²) >= 11 is 0. The van der Waals surface area contributed by atoms with Gasteiger partial charge in [-0.3, -0.25) is 0 Å². The number of esters is 1. The molecular weight excluding hydrogens is 444 g/mol. The molecule has 2 fully saturated rings. The summed E-state index contributed by atoms with van der Waals surface area (Å²) in [7, 11) is 0. The van der Waals surface area contributed by atoms with Gasteiger partial charge in [-0.1, -0.05) is 6.08 Å². The van der Waals surface area contributed by atoms with E-state index in [4.69, 9.17) is 18.9 Å². The second-order valence-corrected chi connectivity index (χ2v) is 9.36. The van der Waals surface area contributed by atoms with Crippen LogP contribution in [0.4, 0.5) is 0 Å². The zero-order valence-electron chi connectivity index (χ0n) is 18.6. The van der Waals surface area contributed by atoms with Crippen molar-refractivity contribution in [1.82, 2.24) is 0 Å². The third kappa shape index (κ3) is 6.09. The molecule has 0 aromatic heterocycles. The highest BCUT2D eigenvalue weighted by Crippen LogP contribution is 2.33. The van der Waals surface area contributed by atoms with E-state index < -0.39 is 73.5 Å². The van der Waals surface area contributed by atoms with Crippen LogP contribution in [0.5, 0.6) is 0 Å². The van der Waals surface area contributed by atoms with Crippen molar-refractivity contribution in [1.29, 1.82) is 0 Å². The molecule has 0 spiro atoms. The van der Waals surface area contributed by atoms with Gasteiger partial charge in [-0.15, -0.1) is 0 Å². The highest BCUT2D eigenvalue weighted by atomic mass is 16.7. The van der Waals surface area contributed by atoms with Crippen LogP contribution in [-0.4, -0.2) is 116 Å². The normalized spacial score (nSPS) is 42.5. The minimum absolute atomic E-state index is 0.0129. The molecule has 190 valence electrons. The van der Waals surface area contributed by atoms with Crippen molar-refractivity contribution in [2.24, 2.45) is 5.92 Å². The molecular formula is C21H34O12. The van der Waals surface area contributed by atoms with Gasteiger partial charge >= 0.3 is 5.97 Å². The summed E-state index contributed by atoms with van der Waals surface area (Å²) in [5.74, 6) is -0.763. The third-order valence-electron chi connectivity index (χ3n) is 6.44. The quantitative estimate of drug-likeness (QED) is 0.195. The first-order chi connectivity index (χ1) is 15.4. The molecule has 0 aromatic rings. The molecule has 0 bridgehead atoms. The number of allylic oxidation sites excluding steroid dienone is 1. The summed E-state index contributed by atoms with van der Waals surface area (Å²) in [5, 5.41) is 69.9. The smallest absolute Gasteiger partial charge is 0.336 e. The van der Waals surface area contributed by atoms with E-state index in [2.05, 4.69) is 0 Å². The van der Waals surface area contributed by atoms with E-state index in [9.17, 15) is 40.5 Å². The van der Waals surface area contributed by atoms with Crippen LogP contribution in [0.15, 0.2) is 11.6 Å². The van der Waals surface area contributed by atoms with Crippen molar-refractivity contribution in [2.75, 3.05) is 13.2 Å². The van der Waals surface area contributed by atoms with Gasteiger partial charge in [-0.2, -0.15) is 0 Å². The van der Waals surface area contributed by atoms with E-state index in [1.807, 2.05) is 0 Å². The number of aliphatic hydroxyl groups is 7. The lowest BCUT2D eigenvalue weighted by atomic mass is 9.79. The van der Waals surface area contributed by atoms with E-state index in [-0.39, 0.29) is 12.5 Å². The Morgan fingerprint density at radius 1 is 1.03 bits per heavy atom. The predicted molar refractivity (Wildman–Crippen MR) is 108 cm³/mol. The van der Waals surface area contributed by atoms with Crippen molar-refractivity contribution in [2.45, 2.75) is 94.0 Å². The van der Waals surface area contributed by atoms with Crippen molar-refractivity contribution in [3.05, 3.63) is 11.6 Å². The van der Waals surface area contributed by atoms with Gasteiger partial charge in [0.25, 0.3) is 0 Å². The molecule has 33 heavy (non-hydrogen) atoms. The monoisotopic (exact) mass is 478 g/mol. The number of hydrogen-bond acceptors (Lipinski definition) is 12. The number of carbonyl (C=O) groups is 1. The Balaban J connectivity index is 1.58. The Bertz CT molecular complexity index is 706. The summed E-state index contributed by atoms with van der Waals surface area (Å²) in [4.78, 5) is 12.6. The fourth-order valence-corrected chi connectivity index (χ4v) is 4.11. The topological polar surface area (TPSA) is 196 Å².